The molecule has 0 bridgehead atoms. The number of halogens is 2. The fourth-order valence-corrected chi connectivity index (χ4v) is 2.52. The van der Waals surface area contributed by atoms with Gasteiger partial charge in [0.15, 0.2) is 0 Å². The highest BCUT2D eigenvalue weighted by Gasteiger charge is 2.29. The number of hydrogen-bond acceptors (Lipinski definition) is 2. The van der Waals surface area contributed by atoms with Crippen molar-refractivity contribution in [2.45, 2.75) is 37.8 Å². The highest BCUT2D eigenvalue weighted by Crippen LogP contribution is 2.40. The fraction of sp³-hybridized carbons (Fsp3) is 0.538. The smallest absolute Gasteiger partial charge is 0.143 e. The summed E-state index contributed by atoms with van der Waals surface area (Å²) in [5, 5.41) is 3.75. The van der Waals surface area contributed by atoms with Gasteiger partial charge in [0, 0.05) is 11.6 Å². The lowest BCUT2D eigenvalue weighted by molar-refractivity contribution is 0.296. The molecule has 1 atom stereocenters. The van der Waals surface area contributed by atoms with E-state index in [0.717, 1.165) is 37.8 Å². The first-order valence-electron chi connectivity index (χ1n) is 6.13. The number of benzene rings is 1. The number of ether oxygens (including phenoxy) is 1. The Bertz CT molecular complexity index is 428. The summed E-state index contributed by atoms with van der Waals surface area (Å²) in [6, 6.07) is 3.06. The van der Waals surface area contributed by atoms with Crippen LogP contribution in [0.15, 0.2) is 12.1 Å². The zero-order valence-corrected chi connectivity index (χ0v) is 10.3. The molecule has 92 valence electrons. The fourth-order valence-electron chi connectivity index (χ4n) is 2.27. The minimum Gasteiger partial charge on any atom is -0.489 e. The Morgan fingerprint density at radius 2 is 2.12 bits per heavy atom. The third kappa shape index (κ3) is 2.40. The molecule has 1 N–H and O–H groups in total. The Labute approximate surface area is 105 Å². The normalized spacial score (nSPS) is 24.0. The van der Waals surface area contributed by atoms with E-state index in [1.807, 2.05) is 0 Å². The van der Waals surface area contributed by atoms with Gasteiger partial charge in [-0.15, -0.1) is 0 Å². The van der Waals surface area contributed by atoms with Gasteiger partial charge in [-0.2, -0.15) is 0 Å². The van der Waals surface area contributed by atoms with E-state index in [1.54, 1.807) is 6.07 Å². The van der Waals surface area contributed by atoms with Gasteiger partial charge in [0.05, 0.1) is 11.1 Å². The van der Waals surface area contributed by atoms with Gasteiger partial charge in [-0.1, -0.05) is 11.6 Å². The quantitative estimate of drug-likeness (QED) is 0.893. The first-order chi connectivity index (χ1) is 8.24. The second-order valence-corrected chi connectivity index (χ2v) is 5.18. The van der Waals surface area contributed by atoms with Crippen molar-refractivity contribution in [3.05, 3.63) is 28.5 Å². The summed E-state index contributed by atoms with van der Waals surface area (Å²) in [4.78, 5) is 0. The highest BCUT2D eigenvalue weighted by atomic mass is 35.5. The number of nitrogens with one attached hydrogen (secondary N) is 1. The SMILES string of the molecule is Fc1cc(Cl)c(OC2CC2)c(C2CCCN2)c1. The molecule has 3 rings (SSSR count). The van der Waals surface area contributed by atoms with Gasteiger partial charge in [0.2, 0.25) is 0 Å². The molecular formula is C13H15ClFNO. The maximum atomic E-state index is 13.4. The van der Waals surface area contributed by atoms with Gasteiger partial charge < -0.3 is 10.1 Å². The van der Waals surface area contributed by atoms with E-state index in [1.165, 1.54) is 6.07 Å². The molecule has 4 heteroatoms. The third-order valence-electron chi connectivity index (χ3n) is 3.28. The Morgan fingerprint density at radius 3 is 2.76 bits per heavy atom. The van der Waals surface area contributed by atoms with Crippen molar-refractivity contribution in [2.75, 3.05) is 6.54 Å². The van der Waals surface area contributed by atoms with Gasteiger partial charge >= 0.3 is 0 Å². The summed E-state index contributed by atoms with van der Waals surface area (Å²) < 4.78 is 19.3. The van der Waals surface area contributed by atoms with Crippen LogP contribution in [0, 0.1) is 5.82 Å². The van der Waals surface area contributed by atoms with E-state index >= 15 is 0 Å². The molecule has 17 heavy (non-hydrogen) atoms. The largest absolute Gasteiger partial charge is 0.489 e. The van der Waals surface area contributed by atoms with E-state index in [4.69, 9.17) is 16.3 Å². The van der Waals surface area contributed by atoms with Crippen LogP contribution in [0.5, 0.6) is 5.75 Å². The van der Waals surface area contributed by atoms with E-state index in [2.05, 4.69) is 5.32 Å². The molecule has 2 aliphatic rings. The van der Waals surface area contributed by atoms with Gasteiger partial charge in [-0.25, -0.2) is 4.39 Å². The maximum Gasteiger partial charge on any atom is 0.143 e. The molecule has 2 nitrogen and oxygen atoms in total. The Balaban J connectivity index is 1.96. The molecule has 2 fully saturated rings. The van der Waals surface area contributed by atoms with Crippen LogP contribution in [0.25, 0.3) is 0 Å². The molecule has 0 radical (unpaired) electrons. The molecule has 1 heterocycles. The molecule has 0 amide bonds. The summed E-state index contributed by atoms with van der Waals surface area (Å²) >= 11 is 6.09. The van der Waals surface area contributed by atoms with Gasteiger partial charge in [0.1, 0.15) is 11.6 Å². The minimum absolute atomic E-state index is 0.178. The zero-order chi connectivity index (χ0) is 11.8. The van der Waals surface area contributed by atoms with E-state index in [-0.39, 0.29) is 18.0 Å². The monoisotopic (exact) mass is 255 g/mol. The van der Waals surface area contributed by atoms with E-state index in [9.17, 15) is 4.39 Å². The summed E-state index contributed by atoms with van der Waals surface area (Å²) in [6.45, 7) is 0.974. The zero-order valence-electron chi connectivity index (χ0n) is 9.51. The van der Waals surface area contributed by atoms with Crippen LogP contribution in [0.1, 0.15) is 37.3 Å². The lowest BCUT2D eigenvalue weighted by atomic mass is 10.0. The molecule has 1 unspecified atom stereocenters. The third-order valence-corrected chi connectivity index (χ3v) is 3.56. The van der Waals surface area contributed by atoms with E-state index in [0.29, 0.717) is 10.8 Å². The molecule has 1 aliphatic carbocycles. The first-order valence-corrected chi connectivity index (χ1v) is 6.51. The second kappa shape index (κ2) is 4.46. The van der Waals surface area contributed by atoms with Crippen LogP contribution in [0.2, 0.25) is 5.02 Å². The van der Waals surface area contributed by atoms with Gasteiger partial charge in [-0.05, 0) is 44.4 Å². The van der Waals surface area contributed by atoms with E-state index < -0.39 is 0 Å². The molecule has 1 aromatic rings. The van der Waals surface area contributed by atoms with Crippen molar-refractivity contribution in [1.29, 1.82) is 0 Å². The number of rotatable bonds is 3. The van der Waals surface area contributed by atoms with Crippen LogP contribution in [-0.4, -0.2) is 12.6 Å². The molecule has 0 aromatic heterocycles. The lowest BCUT2D eigenvalue weighted by Crippen LogP contribution is -2.15. The van der Waals surface area contributed by atoms with Crippen molar-refractivity contribution in [3.8, 4) is 5.75 Å². The van der Waals surface area contributed by atoms with Gasteiger partial charge in [-0.3, -0.25) is 0 Å². The van der Waals surface area contributed by atoms with Crippen LogP contribution in [0.4, 0.5) is 4.39 Å². The summed E-state index contributed by atoms with van der Waals surface area (Å²) in [5.41, 5.74) is 0.874. The predicted octanol–water partition coefficient (Wildman–Crippen LogP) is 3.44. The standard InChI is InChI=1S/C13H15ClFNO/c14-11-7-8(15)6-10(12-2-1-5-16-12)13(11)17-9-3-4-9/h6-7,9,12,16H,1-5H2. The topological polar surface area (TPSA) is 21.3 Å². The van der Waals surface area contributed by atoms with Crippen LogP contribution < -0.4 is 10.1 Å². The van der Waals surface area contributed by atoms with Crippen molar-refractivity contribution in [1.82, 2.24) is 5.32 Å². The maximum absolute atomic E-state index is 13.4. The Morgan fingerprint density at radius 1 is 1.29 bits per heavy atom. The average Bonchev–Trinajstić information content (AvgIpc) is 2.93. The first kappa shape index (κ1) is 11.3. The van der Waals surface area contributed by atoms with Crippen LogP contribution >= 0.6 is 11.6 Å². The predicted molar refractivity (Wildman–Crippen MR) is 65.0 cm³/mol. The Hall–Kier alpha value is -0.800. The molecule has 1 saturated carbocycles. The lowest BCUT2D eigenvalue weighted by Gasteiger charge is -2.18. The van der Waals surface area contributed by atoms with Crippen LogP contribution in [0.3, 0.4) is 0 Å². The van der Waals surface area contributed by atoms with Crippen molar-refractivity contribution in [2.24, 2.45) is 0 Å². The average molecular weight is 256 g/mol. The molecule has 1 aromatic carbocycles. The summed E-state index contributed by atoms with van der Waals surface area (Å²) in [5.74, 6) is 0.386. The summed E-state index contributed by atoms with van der Waals surface area (Å²) in [6.07, 6.45) is 4.55. The molecule has 1 saturated heterocycles. The summed E-state index contributed by atoms with van der Waals surface area (Å²) in [7, 11) is 0. The molecule has 0 spiro atoms. The second-order valence-electron chi connectivity index (χ2n) is 4.77. The molecular weight excluding hydrogens is 241 g/mol. The van der Waals surface area contributed by atoms with Gasteiger partial charge in [0.25, 0.3) is 0 Å². The Kier molecular flexibility index (Phi) is 2.97. The minimum atomic E-state index is -0.290. The van der Waals surface area contributed by atoms with Crippen LogP contribution in [-0.2, 0) is 0 Å². The number of hydrogen-bond donors (Lipinski definition) is 1. The highest BCUT2D eigenvalue weighted by molar-refractivity contribution is 6.32. The van der Waals surface area contributed by atoms with Crippen molar-refractivity contribution < 1.29 is 9.13 Å². The molecule has 1 aliphatic heterocycles. The van der Waals surface area contributed by atoms with Crippen molar-refractivity contribution in [3.63, 3.8) is 0 Å². The van der Waals surface area contributed by atoms with Crippen molar-refractivity contribution >= 4 is 11.6 Å².